The first kappa shape index (κ1) is 17.2. The Hall–Kier alpha value is -2.63. The highest BCUT2D eigenvalue weighted by Crippen LogP contribution is 2.20. The summed E-state index contributed by atoms with van der Waals surface area (Å²) in [5, 5.41) is 3.23. The van der Waals surface area contributed by atoms with Gasteiger partial charge in [-0.15, -0.1) is 0 Å². The van der Waals surface area contributed by atoms with Crippen molar-refractivity contribution >= 4 is 17.4 Å². The van der Waals surface area contributed by atoms with Crippen LogP contribution in [0, 0.1) is 5.82 Å². The smallest absolute Gasteiger partial charge is 0.257 e. The van der Waals surface area contributed by atoms with Crippen LogP contribution < -0.4 is 10.2 Å². The Kier molecular flexibility index (Phi) is 5.16. The molecule has 0 saturated carbocycles. The zero-order valence-corrected chi connectivity index (χ0v) is 14.6. The molecule has 1 aliphatic rings. The van der Waals surface area contributed by atoms with E-state index in [9.17, 15) is 9.18 Å². The quantitative estimate of drug-likeness (QED) is 0.928. The lowest BCUT2D eigenvalue weighted by atomic mass is 10.2. The number of benzene rings is 1. The molecule has 132 valence electrons. The summed E-state index contributed by atoms with van der Waals surface area (Å²) in [6.07, 6.45) is 1.69. The molecule has 0 radical (unpaired) electrons. The molecule has 1 aromatic heterocycles. The van der Waals surface area contributed by atoms with E-state index < -0.39 is 0 Å². The number of amides is 1. The molecule has 0 spiro atoms. The van der Waals surface area contributed by atoms with E-state index in [1.807, 2.05) is 24.8 Å². The van der Waals surface area contributed by atoms with E-state index in [1.54, 1.807) is 24.4 Å². The maximum absolute atomic E-state index is 13.1. The van der Waals surface area contributed by atoms with E-state index in [4.69, 9.17) is 0 Å². The highest BCUT2D eigenvalue weighted by Gasteiger charge is 2.24. The third-order valence-corrected chi connectivity index (χ3v) is 4.22. The van der Waals surface area contributed by atoms with E-state index in [-0.39, 0.29) is 17.8 Å². The predicted octanol–water partition coefficient (Wildman–Crippen LogP) is 3.00. The van der Waals surface area contributed by atoms with Crippen molar-refractivity contribution in [3.05, 3.63) is 54.0 Å². The fourth-order valence-electron chi connectivity index (χ4n) is 2.96. The van der Waals surface area contributed by atoms with Crippen molar-refractivity contribution in [3.63, 3.8) is 0 Å². The second-order valence-electron chi connectivity index (χ2n) is 6.45. The van der Waals surface area contributed by atoms with Crippen molar-refractivity contribution in [2.45, 2.75) is 19.9 Å². The third-order valence-electron chi connectivity index (χ3n) is 4.22. The Bertz CT molecular complexity index is 724. The van der Waals surface area contributed by atoms with Crippen LogP contribution in [-0.2, 0) is 0 Å². The summed E-state index contributed by atoms with van der Waals surface area (Å²) in [5.41, 5.74) is 1.59. The number of nitrogens with zero attached hydrogens (tertiary/aromatic N) is 3. The Labute approximate surface area is 147 Å². The van der Waals surface area contributed by atoms with Gasteiger partial charge in [-0.05, 0) is 50.2 Å². The van der Waals surface area contributed by atoms with Crippen LogP contribution in [-0.4, -0.2) is 48.0 Å². The number of piperazine rings is 1. The highest BCUT2D eigenvalue weighted by atomic mass is 19.1. The monoisotopic (exact) mass is 342 g/mol. The number of rotatable bonds is 4. The van der Waals surface area contributed by atoms with Crippen molar-refractivity contribution in [3.8, 4) is 0 Å². The zero-order chi connectivity index (χ0) is 17.8. The average Bonchev–Trinajstić information content (AvgIpc) is 2.62. The lowest BCUT2D eigenvalue weighted by Gasteiger charge is -2.36. The van der Waals surface area contributed by atoms with Crippen LogP contribution in [0.25, 0.3) is 0 Å². The molecule has 1 saturated heterocycles. The lowest BCUT2D eigenvalue weighted by Crippen LogP contribution is -2.49. The lowest BCUT2D eigenvalue weighted by molar-refractivity contribution is 0.0747. The van der Waals surface area contributed by atoms with E-state index in [2.05, 4.69) is 15.2 Å². The van der Waals surface area contributed by atoms with Gasteiger partial charge >= 0.3 is 0 Å². The summed E-state index contributed by atoms with van der Waals surface area (Å²) < 4.78 is 13.1. The molecule has 1 aromatic carbocycles. The fraction of sp³-hybridized carbons (Fsp3) is 0.368. The van der Waals surface area contributed by atoms with Gasteiger partial charge in [-0.25, -0.2) is 9.37 Å². The molecule has 0 aliphatic carbocycles. The standard InChI is InChI=1S/C19H23FN4O/c1-14(2)22-18-17(4-3-9-21-18)19(25)24-12-10-23(11-13-24)16-7-5-15(20)6-8-16/h3-9,14H,10-13H2,1-2H3,(H,21,22). The van der Waals surface area contributed by atoms with Gasteiger partial charge in [0.25, 0.3) is 5.91 Å². The summed E-state index contributed by atoms with van der Waals surface area (Å²) in [4.78, 5) is 21.2. The molecule has 2 heterocycles. The van der Waals surface area contributed by atoms with Gasteiger partial charge < -0.3 is 15.1 Å². The summed E-state index contributed by atoms with van der Waals surface area (Å²) in [6.45, 7) is 6.75. The van der Waals surface area contributed by atoms with Gasteiger partial charge in [0.15, 0.2) is 0 Å². The van der Waals surface area contributed by atoms with Crippen LogP contribution in [0.3, 0.4) is 0 Å². The van der Waals surface area contributed by atoms with Crippen LogP contribution in [0.5, 0.6) is 0 Å². The topological polar surface area (TPSA) is 48.5 Å². The zero-order valence-electron chi connectivity index (χ0n) is 14.6. The molecule has 1 aliphatic heterocycles. The number of hydrogen-bond acceptors (Lipinski definition) is 4. The van der Waals surface area contributed by atoms with Gasteiger partial charge in [0, 0.05) is 44.1 Å². The SMILES string of the molecule is CC(C)Nc1ncccc1C(=O)N1CCN(c2ccc(F)cc2)CC1. The minimum absolute atomic E-state index is 0.00462. The van der Waals surface area contributed by atoms with Gasteiger partial charge in [-0.1, -0.05) is 0 Å². The van der Waals surface area contributed by atoms with Gasteiger partial charge in [-0.2, -0.15) is 0 Å². The molecule has 2 aromatic rings. The van der Waals surface area contributed by atoms with Crippen molar-refractivity contribution in [2.75, 3.05) is 36.4 Å². The van der Waals surface area contributed by atoms with Crippen LogP contribution >= 0.6 is 0 Å². The van der Waals surface area contributed by atoms with E-state index in [0.717, 1.165) is 18.8 Å². The normalized spacial score (nSPS) is 14.7. The van der Waals surface area contributed by atoms with Crippen LogP contribution in [0.2, 0.25) is 0 Å². The first-order valence-corrected chi connectivity index (χ1v) is 8.56. The molecule has 0 atom stereocenters. The second kappa shape index (κ2) is 7.51. The Morgan fingerprint density at radius 1 is 1.12 bits per heavy atom. The predicted molar refractivity (Wildman–Crippen MR) is 97.5 cm³/mol. The van der Waals surface area contributed by atoms with Crippen molar-refractivity contribution in [2.24, 2.45) is 0 Å². The molecular formula is C19H23FN4O. The second-order valence-corrected chi connectivity index (χ2v) is 6.45. The molecule has 5 nitrogen and oxygen atoms in total. The van der Waals surface area contributed by atoms with Gasteiger partial charge in [0.05, 0.1) is 5.56 Å². The molecule has 0 bridgehead atoms. The summed E-state index contributed by atoms with van der Waals surface area (Å²) in [7, 11) is 0. The largest absolute Gasteiger partial charge is 0.368 e. The average molecular weight is 342 g/mol. The minimum atomic E-state index is -0.237. The van der Waals surface area contributed by atoms with Crippen molar-refractivity contribution in [1.29, 1.82) is 0 Å². The molecule has 0 unspecified atom stereocenters. The Morgan fingerprint density at radius 3 is 2.44 bits per heavy atom. The van der Waals surface area contributed by atoms with Gasteiger partial charge in [0.2, 0.25) is 0 Å². The van der Waals surface area contributed by atoms with Gasteiger partial charge in [0.1, 0.15) is 11.6 Å². The summed E-state index contributed by atoms with van der Waals surface area (Å²) in [6, 6.07) is 10.3. The van der Waals surface area contributed by atoms with Crippen LogP contribution in [0.1, 0.15) is 24.2 Å². The Morgan fingerprint density at radius 2 is 1.80 bits per heavy atom. The summed E-state index contributed by atoms with van der Waals surface area (Å²) >= 11 is 0. The number of hydrogen-bond donors (Lipinski definition) is 1. The molecule has 25 heavy (non-hydrogen) atoms. The fourth-order valence-corrected chi connectivity index (χ4v) is 2.96. The minimum Gasteiger partial charge on any atom is -0.368 e. The maximum atomic E-state index is 13.1. The molecule has 6 heteroatoms. The molecule has 1 amide bonds. The van der Waals surface area contributed by atoms with Crippen molar-refractivity contribution in [1.82, 2.24) is 9.88 Å². The van der Waals surface area contributed by atoms with Gasteiger partial charge in [-0.3, -0.25) is 4.79 Å². The van der Waals surface area contributed by atoms with E-state index in [0.29, 0.717) is 24.5 Å². The van der Waals surface area contributed by atoms with E-state index >= 15 is 0 Å². The molecule has 1 N–H and O–H groups in total. The number of carbonyl (C=O) groups is 1. The first-order chi connectivity index (χ1) is 12.0. The molecular weight excluding hydrogens is 319 g/mol. The number of nitrogens with one attached hydrogen (secondary N) is 1. The number of halogens is 1. The first-order valence-electron chi connectivity index (χ1n) is 8.56. The van der Waals surface area contributed by atoms with Crippen LogP contribution in [0.15, 0.2) is 42.6 Å². The maximum Gasteiger partial charge on any atom is 0.257 e. The third kappa shape index (κ3) is 4.07. The molecule has 3 rings (SSSR count). The number of aromatic nitrogens is 1. The Balaban J connectivity index is 1.67. The number of carbonyl (C=O) groups excluding carboxylic acids is 1. The van der Waals surface area contributed by atoms with E-state index in [1.165, 1.54) is 12.1 Å². The van der Waals surface area contributed by atoms with Crippen LogP contribution in [0.4, 0.5) is 15.9 Å². The van der Waals surface area contributed by atoms with Crippen molar-refractivity contribution < 1.29 is 9.18 Å². The number of pyridine rings is 1. The summed E-state index contributed by atoms with van der Waals surface area (Å²) in [5.74, 6) is 0.387. The number of anilines is 2. The highest BCUT2D eigenvalue weighted by molar-refractivity contribution is 5.98. The molecule has 1 fully saturated rings.